The number of aliphatic carboxylic acids is 1. The molecule has 0 saturated heterocycles. The minimum absolute atomic E-state index is 0.107. The van der Waals surface area contributed by atoms with Gasteiger partial charge >= 0.3 is 5.97 Å². The number of carboxylic acids is 1. The molecule has 2 rings (SSSR count). The molecular formula is C13H15N3O4S. The number of carbonyl (C=O) groups is 2. The molecule has 21 heavy (non-hydrogen) atoms. The molecule has 7 nitrogen and oxygen atoms in total. The fourth-order valence-corrected chi connectivity index (χ4v) is 2.69. The lowest BCUT2D eigenvalue weighted by Gasteiger charge is -2.16. The van der Waals surface area contributed by atoms with Crippen LogP contribution < -0.4 is 5.56 Å². The first kappa shape index (κ1) is 15.2. The van der Waals surface area contributed by atoms with Gasteiger partial charge in [-0.05, 0) is 13.0 Å². The van der Waals surface area contributed by atoms with E-state index in [0.29, 0.717) is 10.2 Å². The second-order valence-electron chi connectivity index (χ2n) is 4.71. The van der Waals surface area contributed by atoms with E-state index in [9.17, 15) is 14.4 Å². The van der Waals surface area contributed by atoms with Crippen LogP contribution in [-0.2, 0) is 16.1 Å². The maximum absolute atomic E-state index is 12.2. The van der Waals surface area contributed by atoms with E-state index in [4.69, 9.17) is 5.11 Å². The van der Waals surface area contributed by atoms with Gasteiger partial charge in [-0.2, -0.15) is 0 Å². The van der Waals surface area contributed by atoms with Crippen LogP contribution in [0.1, 0.15) is 11.3 Å². The Bertz CT molecular complexity index is 749. The molecule has 1 N–H and O–H groups in total. The third kappa shape index (κ3) is 3.46. The number of carboxylic acid groups (broad SMARTS) is 1. The molecule has 2 aromatic heterocycles. The Balaban J connectivity index is 2.16. The van der Waals surface area contributed by atoms with Crippen molar-refractivity contribution in [3.63, 3.8) is 0 Å². The normalized spacial score (nSPS) is 10.8. The highest BCUT2D eigenvalue weighted by Crippen LogP contribution is 2.19. The molecule has 0 atom stereocenters. The molecule has 0 unspecified atom stereocenters. The molecular weight excluding hydrogens is 294 g/mol. The van der Waals surface area contributed by atoms with Crippen LogP contribution in [0.25, 0.3) is 10.2 Å². The first-order valence-electron chi connectivity index (χ1n) is 6.30. The lowest BCUT2D eigenvalue weighted by atomic mass is 10.3. The van der Waals surface area contributed by atoms with Crippen molar-refractivity contribution in [2.75, 3.05) is 13.6 Å². The number of rotatable bonds is 5. The Kier molecular flexibility index (Phi) is 4.37. The number of fused-ring (bicyclic) bond motifs is 1. The van der Waals surface area contributed by atoms with Crippen molar-refractivity contribution in [2.24, 2.45) is 0 Å². The van der Waals surface area contributed by atoms with Gasteiger partial charge in [-0.15, -0.1) is 11.3 Å². The molecule has 0 aliphatic heterocycles. The van der Waals surface area contributed by atoms with Crippen LogP contribution in [0.15, 0.2) is 17.2 Å². The van der Waals surface area contributed by atoms with Gasteiger partial charge in [0.1, 0.15) is 11.4 Å². The second kappa shape index (κ2) is 6.04. The number of hydrogen-bond acceptors (Lipinski definition) is 5. The quantitative estimate of drug-likeness (QED) is 0.877. The van der Waals surface area contributed by atoms with E-state index in [-0.39, 0.29) is 31.0 Å². The van der Waals surface area contributed by atoms with Crippen molar-refractivity contribution >= 4 is 33.4 Å². The number of carbonyl (C=O) groups excluding carboxylic acids is 1. The lowest BCUT2D eigenvalue weighted by molar-refractivity contribution is -0.138. The van der Waals surface area contributed by atoms with Crippen LogP contribution in [0.2, 0.25) is 0 Å². The molecule has 2 heterocycles. The fraction of sp³-hybridized carbons (Fsp3) is 0.385. The topological polar surface area (TPSA) is 92.5 Å². The minimum atomic E-state index is -0.969. The maximum atomic E-state index is 12.2. The van der Waals surface area contributed by atoms with E-state index in [2.05, 4.69) is 4.98 Å². The summed E-state index contributed by atoms with van der Waals surface area (Å²) in [7, 11) is 1.51. The van der Waals surface area contributed by atoms with Crippen LogP contribution in [0.4, 0.5) is 0 Å². The number of aromatic nitrogens is 2. The SMILES string of the molecule is Cc1cc2c(=O)n(CC(=O)N(C)CCC(=O)O)cnc2s1. The largest absolute Gasteiger partial charge is 0.481 e. The lowest BCUT2D eigenvalue weighted by Crippen LogP contribution is -2.35. The van der Waals surface area contributed by atoms with Gasteiger partial charge in [-0.25, -0.2) is 4.98 Å². The van der Waals surface area contributed by atoms with Crippen LogP contribution >= 0.6 is 11.3 Å². The first-order valence-corrected chi connectivity index (χ1v) is 7.11. The summed E-state index contributed by atoms with van der Waals surface area (Å²) in [5.74, 6) is -1.30. The number of aryl methyl sites for hydroxylation is 1. The van der Waals surface area contributed by atoms with E-state index in [1.54, 1.807) is 6.07 Å². The summed E-state index contributed by atoms with van der Waals surface area (Å²) in [6, 6.07) is 1.75. The molecule has 112 valence electrons. The highest BCUT2D eigenvalue weighted by Gasteiger charge is 2.14. The van der Waals surface area contributed by atoms with Gasteiger partial charge in [0, 0.05) is 18.5 Å². The molecule has 0 saturated carbocycles. The number of thiophene rings is 1. The zero-order valence-corrected chi connectivity index (χ0v) is 12.5. The maximum Gasteiger partial charge on any atom is 0.305 e. The summed E-state index contributed by atoms with van der Waals surface area (Å²) in [6.45, 7) is 1.85. The number of amides is 1. The summed E-state index contributed by atoms with van der Waals surface area (Å²) in [6.07, 6.45) is 1.22. The van der Waals surface area contributed by atoms with Gasteiger partial charge in [0.15, 0.2) is 0 Å². The van der Waals surface area contributed by atoms with E-state index in [0.717, 1.165) is 4.88 Å². The smallest absolute Gasteiger partial charge is 0.305 e. The second-order valence-corrected chi connectivity index (χ2v) is 5.95. The molecule has 0 aromatic carbocycles. The molecule has 0 bridgehead atoms. The van der Waals surface area contributed by atoms with Gasteiger partial charge in [0.05, 0.1) is 18.1 Å². The van der Waals surface area contributed by atoms with E-state index >= 15 is 0 Å². The van der Waals surface area contributed by atoms with Crippen LogP contribution in [0.5, 0.6) is 0 Å². The third-order valence-corrected chi connectivity index (χ3v) is 3.99. The summed E-state index contributed by atoms with van der Waals surface area (Å²) < 4.78 is 1.24. The Morgan fingerprint density at radius 3 is 2.86 bits per heavy atom. The average molecular weight is 309 g/mol. The standard InChI is InChI=1S/C13H15N3O4S/c1-8-5-9-12(21-8)14-7-16(13(9)20)6-10(17)15(2)4-3-11(18)19/h5,7H,3-4,6H2,1-2H3,(H,18,19). The van der Waals surface area contributed by atoms with Crippen LogP contribution in [-0.4, -0.2) is 45.0 Å². The van der Waals surface area contributed by atoms with Gasteiger partial charge in [-0.3, -0.25) is 19.0 Å². The highest BCUT2D eigenvalue weighted by atomic mass is 32.1. The molecule has 0 aliphatic carbocycles. The molecule has 8 heteroatoms. The first-order chi connectivity index (χ1) is 9.88. The van der Waals surface area contributed by atoms with Crippen molar-refractivity contribution in [3.05, 3.63) is 27.6 Å². The van der Waals surface area contributed by atoms with Crippen molar-refractivity contribution in [1.29, 1.82) is 0 Å². The van der Waals surface area contributed by atoms with Crippen LogP contribution in [0, 0.1) is 6.92 Å². The monoisotopic (exact) mass is 309 g/mol. The summed E-state index contributed by atoms with van der Waals surface area (Å²) in [5.41, 5.74) is -0.260. The Hall–Kier alpha value is -2.22. The number of nitrogens with zero attached hydrogens (tertiary/aromatic N) is 3. The number of likely N-dealkylation sites (N-methyl/N-ethyl adjacent to an activating group) is 1. The van der Waals surface area contributed by atoms with E-state index in [1.165, 1.54) is 34.2 Å². The zero-order chi connectivity index (χ0) is 15.6. The third-order valence-electron chi connectivity index (χ3n) is 3.03. The predicted octanol–water partition coefficient (Wildman–Crippen LogP) is 0.700. The molecule has 1 amide bonds. The van der Waals surface area contributed by atoms with Crippen molar-refractivity contribution in [1.82, 2.24) is 14.5 Å². The van der Waals surface area contributed by atoms with E-state index in [1.807, 2.05) is 6.92 Å². The molecule has 0 spiro atoms. The number of hydrogen-bond donors (Lipinski definition) is 1. The fourth-order valence-electron chi connectivity index (χ4n) is 1.85. The molecule has 0 radical (unpaired) electrons. The van der Waals surface area contributed by atoms with Gasteiger partial charge in [0.25, 0.3) is 5.56 Å². The van der Waals surface area contributed by atoms with Crippen LogP contribution in [0.3, 0.4) is 0 Å². The Morgan fingerprint density at radius 1 is 1.48 bits per heavy atom. The molecule has 2 aromatic rings. The average Bonchev–Trinajstić information content (AvgIpc) is 2.80. The minimum Gasteiger partial charge on any atom is -0.481 e. The van der Waals surface area contributed by atoms with E-state index < -0.39 is 5.97 Å². The summed E-state index contributed by atoms with van der Waals surface area (Å²) in [4.78, 5) is 41.8. The highest BCUT2D eigenvalue weighted by molar-refractivity contribution is 7.18. The Morgan fingerprint density at radius 2 is 2.19 bits per heavy atom. The molecule has 0 fully saturated rings. The van der Waals surface area contributed by atoms with Gasteiger partial charge < -0.3 is 10.0 Å². The van der Waals surface area contributed by atoms with Gasteiger partial charge in [-0.1, -0.05) is 0 Å². The Labute approximate surface area is 124 Å². The molecule has 0 aliphatic rings. The predicted molar refractivity (Wildman–Crippen MR) is 78.5 cm³/mol. The van der Waals surface area contributed by atoms with Crippen molar-refractivity contribution in [2.45, 2.75) is 19.9 Å². The summed E-state index contributed by atoms with van der Waals surface area (Å²) >= 11 is 1.43. The zero-order valence-electron chi connectivity index (χ0n) is 11.7. The van der Waals surface area contributed by atoms with Crippen molar-refractivity contribution in [3.8, 4) is 0 Å². The summed E-state index contributed by atoms with van der Waals surface area (Å²) in [5, 5.41) is 9.10. The van der Waals surface area contributed by atoms with Crippen molar-refractivity contribution < 1.29 is 14.7 Å². The van der Waals surface area contributed by atoms with Gasteiger partial charge in [0.2, 0.25) is 5.91 Å².